The van der Waals surface area contributed by atoms with Gasteiger partial charge in [0.2, 0.25) is 0 Å². The molecule has 5 aromatic rings. The van der Waals surface area contributed by atoms with E-state index in [1.807, 2.05) is 49.4 Å². The van der Waals surface area contributed by atoms with E-state index in [0.29, 0.717) is 34.7 Å². The van der Waals surface area contributed by atoms with Gasteiger partial charge in [0.1, 0.15) is 5.76 Å². The number of aromatic nitrogens is 1. The third-order valence-electron chi connectivity index (χ3n) is 5.45. The van der Waals surface area contributed by atoms with E-state index < -0.39 is 0 Å². The maximum atomic E-state index is 13.7. The number of carbonyl (C=O) groups is 1. The van der Waals surface area contributed by atoms with Crippen LogP contribution in [0.2, 0.25) is 0 Å². The fourth-order valence-corrected chi connectivity index (χ4v) is 4.87. The third kappa shape index (κ3) is 4.00. The second-order valence-corrected chi connectivity index (χ2v) is 9.04. The van der Waals surface area contributed by atoms with Crippen molar-refractivity contribution in [1.29, 1.82) is 0 Å². The van der Waals surface area contributed by atoms with Gasteiger partial charge in [-0.1, -0.05) is 49.4 Å². The Morgan fingerprint density at radius 1 is 1.15 bits per heavy atom. The lowest BCUT2D eigenvalue weighted by molar-refractivity contribution is 0.0958. The number of nitrogens with zero attached hydrogens (tertiary/aromatic N) is 2. The van der Waals surface area contributed by atoms with Crippen LogP contribution in [0.15, 0.2) is 69.7 Å². The first-order chi connectivity index (χ1) is 16.0. The van der Waals surface area contributed by atoms with Gasteiger partial charge in [-0.3, -0.25) is 9.69 Å². The van der Waals surface area contributed by atoms with E-state index >= 15 is 0 Å². The van der Waals surface area contributed by atoms with Gasteiger partial charge in [0.05, 0.1) is 29.6 Å². The largest absolute Gasteiger partial charge is 0.490 e. The topological polar surface area (TPSA) is 68.7 Å². The zero-order valence-corrected chi connectivity index (χ0v) is 19.5. The Morgan fingerprint density at radius 3 is 2.76 bits per heavy atom. The predicted octanol–water partition coefficient (Wildman–Crippen LogP) is 7.00. The number of hydrogen-bond donors (Lipinski definition) is 0. The summed E-state index contributed by atoms with van der Waals surface area (Å²) in [6, 6.07) is 17.2. The molecule has 0 bridgehead atoms. The van der Waals surface area contributed by atoms with Crippen molar-refractivity contribution in [3.63, 3.8) is 0 Å². The van der Waals surface area contributed by atoms with Crippen LogP contribution in [0.25, 0.3) is 21.2 Å². The van der Waals surface area contributed by atoms with Crippen LogP contribution in [-0.4, -0.2) is 17.5 Å². The van der Waals surface area contributed by atoms with Gasteiger partial charge in [-0.25, -0.2) is 4.98 Å². The number of fused-ring (bicyclic) bond motifs is 2. The Hall–Kier alpha value is -3.58. The van der Waals surface area contributed by atoms with Crippen LogP contribution in [-0.2, 0) is 6.54 Å². The second kappa shape index (κ2) is 8.75. The highest BCUT2D eigenvalue weighted by atomic mass is 32.1. The summed E-state index contributed by atoms with van der Waals surface area (Å²) in [6.45, 7) is 6.96. The summed E-state index contributed by atoms with van der Waals surface area (Å²) in [7, 11) is 0. The third-order valence-corrected chi connectivity index (χ3v) is 6.49. The van der Waals surface area contributed by atoms with Crippen LogP contribution in [0, 0.1) is 0 Å². The number of hydrogen-bond acceptors (Lipinski definition) is 6. The number of para-hydroxylation sites is 2. The van der Waals surface area contributed by atoms with Crippen molar-refractivity contribution in [3.05, 3.63) is 77.9 Å². The molecule has 33 heavy (non-hydrogen) atoms. The van der Waals surface area contributed by atoms with Gasteiger partial charge in [-0.05, 0) is 48.7 Å². The minimum absolute atomic E-state index is 0.229. The lowest BCUT2D eigenvalue weighted by Crippen LogP contribution is -2.29. The lowest BCUT2D eigenvalue weighted by Gasteiger charge is -2.17. The molecular formula is C26H24N2O4S. The van der Waals surface area contributed by atoms with Gasteiger partial charge in [0.25, 0.3) is 5.91 Å². The van der Waals surface area contributed by atoms with Crippen LogP contribution in [0.3, 0.4) is 0 Å². The first kappa shape index (κ1) is 21.3. The highest BCUT2D eigenvalue weighted by Crippen LogP contribution is 2.36. The maximum Gasteiger partial charge on any atom is 0.296 e. The molecule has 6 nitrogen and oxygen atoms in total. The molecule has 0 saturated carbocycles. The van der Waals surface area contributed by atoms with E-state index in [1.54, 1.807) is 17.2 Å². The standard InChI is InChI=1S/C26H24N2O4S/c1-4-30-20-11-5-8-17-14-21(32-24(17)20)25(29)28(15-18-9-7-13-31-18)26-27-23-19(16(2)3)10-6-12-22(23)33-26/h5-14,16H,4,15H2,1-3H3. The summed E-state index contributed by atoms with van der Waals surface area (Å²) in [6.07, 6.45) is 1.60. The molecule has 2 aromatic carbocycles. The Morgan fingerprint density at radius 2 is 2.00 bits per heavy atom. The van der Waals surface area contributed by atoms with E-state index in [9.17, 15) is 4.79 Å². The number of rotatable bonds is 7. The number of benzene rings is 2. The van der Waals surface area contributed by atoms with Crippen LogP contribution in [0.4, 0.5) is 5.13 Å². The SMILES string of the molecule is CCOc1cccc2cc(C(=O)N(Cc3ccco3)c3nc4c(C(C)C)cccc4s3)oc12. The van der Waals surface area contributed by atoms with Crippen LogP contribution < -0.4 is 9.64 Å². The molecule has 0 saturated heterocycles. The number of anilines is 1. The molecule has 5 rings (SSSR count). The highest BCUT2D eigenvalue weighted by Gasteiger charge is 2.27. The van der Waals surface area contributed by atoms with Crippen LogP contribution in [0.5, 0.6) is 5.75 Å². The molecule has 1 amide bonds. The number of carbonyl (C=O) groups excluding carboxylic acids is 1. The summed E-state index contributed by atoms with van der Waals surface area (Å²) in [5.41, 5.74) is 2.64. The fourth-order valence-electron chi connectivity index (χ4n) is 3.87. The molecule has 7 heteroatoms. The quantitative estimate of drug-likeness (QED) is 0.261. The van der Waals surface area contributed by atoms with Crippen molar-refractivity contribution in [2.45, 2.75) is 33.2 Å². The van der Waals surface area contributed by atoms with E-state index in [4.69, 9.17) is 18.6 Å². The number of ether oxygens (including phenoxy) is 1. The molecule has 0 radical (unpaired) electrons. The smallest absolute Gasteiger partial charge is 0.296 e. The number of amides is 1. The highest BCUT2D eigenvalue weighted by molar-refractivity contribution is 7.22. The van der Waals surface area contributed by atoms with Crippen molar-refractivity contribution in [1.82, 2.24) is 4.98 Å². The van der Waals surface area contributed by atoms with Crippen molar-refractivity contribution >= 4 is 43.6 Å². The molecule has 0 unspecified atom stereocenters. The molecule has 0 spiro atoms. The predicted molar refractivity (Wildman–Crippen MR) is 130 cm³/mol. The maximum absolute atomic E-state index is 13.7. The summed E-state index contributed by atoms with van der Waals surface area (Å²) in [5.74, 6) is 1.55. The molecule has 0 aliphatic heterocycles. The Bertz CT molecular complexity index is 1420. The second-order valence-electron chi connectivity index (χ2n) is 8.03. The molecule has 0 aliphatic carbocycles. The molecule has 0 N–H and O–H groups in total. The van der Waals surface area contributed by atoms with Gasteiger partial charge >= 0.3 is 0 Å². The minimum Gasteiger partial charge on any atom is -0.490 e. The summed E-state index contributed by atoms with van der Waals surface area (Å²) in [4.78, 5) is 20.2. The van der Waals surface area contributed by atoms with Gasteiger partial charge in [-0.15, -0.1) is 0 Å². The fraction of sp³-hybridized carbons (Fsp3) is 0.231. The molecule has 0 fully saturated rings. The van der Waals surface area contributed by atoms with E-state index in [2.05, 4.69) is 19.9 Å². The van der Waals surface area contributed by atoms with E-state index in [0.717, 1.165) is 21.2 Å². The van der Waals surface area contributed by atoms with Crippen LogP contribution >= 0.6 is 11.3 Å². The first-order valence-corrected chi connectivity index (χ1v) is 11.8. The Labute approximate surface area is 195 Å². The average Bonchev–Trinajstić information content (AvgIpc) is 3.56. The normalized spacial score (nSPS) is 11.5. The molecule has 0 aliphatic rings. The zero-order chi connectivity index (χ0) is 22.9. The van der Waals surface area contributed by atoms with Crippen molar-refractivity contribution in [2.75, 3.05) is 11.5 Å². The van der Waals surface area contributed by atoms with Crippen molar-refractivity contribution in [3.8, 4) is 5.75 Å². The van der Waals surface area contributed by atoms with Gasteiger partial charge < -0.3 is 13.6 Å². The van der Waals surface area contributed by atoms with Crippen molar-refractivity contribution < 1.29 is 18.4 Å². The summed E-state index contributed by atoms with van der Waals surface area (Å²) >= 11 is 1.49. The van der Waals surface area contributed by atoms with E-state index in [1.165, 1.54) is 11.3 Å². The van der Waals surface area contributed by atoms with Crippen LogP contribution in [0.1, 0.15) is 48.6 Å². The number of thiazole rings is 1. The monoisotopic (exact) mass is 460 g/mol. The lowest BCUT2D eigenvalue weighted by atomic mass is 10.0. The van der Waals surface area contributed by atoms with Gasteiger partial charge in [0.15, 0.2) is 22.2 Å². The van der Waals surface area contributed by atoms with E-state index in [-0.39, 0.29) is 18.2 Å². The molecular weight excluding hydrogens is 436 g/mol. The molecule has 3 aromatic heterocycles. The van der Waals surface area contributed by atoms with Crippen molar-refractivity contribution in [2.24, 2.45) is 0 Å². The minimum atomic E-state index is -0.282. The zero-order valence-electron chi connectivity index (χ0n) is 18.7. The first-order valence-electron chi connectivity index (χ1n) is 10.9. The van der Waals surface area contributed by atoms with Gasteiger partial charge in [0, 0.05) is 5.39 Å². The summed E-state index contributed by atoms with van der Waals surface area (Å²) in [5, 5.41) is 1.42. The average molecular weight is 461 g/mol. The molecule has 0 atom stereocenters. The Kier molecular flexibility index (Phi) is 5.64. The number of furan rings is 2. The molecule has 3 heterocycles. The Balaban J connectivity index is 1.59. The van der Waals surface area contributed by atoms with Gasteiger partial charge in [-0.2, -0.15) is 0 Å². The summed E-state index contributed by atoms with van der Waals surface area (Å²) < 4.78 is 18.3. The molecule has 168 valence electrons.